The maximum atomic E-state index is 5.88. The van der Waals surface area contributed by atoms with E-state index in [-0.39, 0.29) is 5.79 Å². The van der Waals surface area contributed by atoms with Crippen LogP contribution in [0.2, 0.25) is 0 Å². The monoisotopic (exact) mass is 274 g/mol. The minimum atomic E-state index is -0.308. The second kappa shape index (κ2) is 4.43. The van der Waals surface area contributed by atoms with Gasteiger partial charge in [-0.1, -0.05) is 0 Å². The van der Waals surface area contributed by atoms with Gasteiger partial charge in [-0.05, 0) is 25.0 Å². The molecule has 1 spiro atoms. The molecule has 2 aromatic rings. The molecule has 6 nitrogen and oxygen atoms in total. The number of nitrogens with zero attached hydrogens (tertiary/aromatic N) is 3. The summed E-state index contributed by atoms with van der Waals surface area (Å²) in [6.07, 6.45) is 5.52. The zero-order chi connectivity index (χ0) is 13.6. The number of nitrogens with two attached hydrogens (primary N) is 1. The lowest BCUT2D eigenvalue weighted by atomic mass is 9.83. The quantitative estimate of drug-likeness (QED) is 0.857. The summed E-state index contributed by atoms with van der Waals surface area (Å²) in [6, 6.07) is 4.11. The van der Waals surface area contributed by atoms with Crippen LogP contribution in [0.25, 0.3) is 5.52 Å². The molecule has 4 rings (SSSR count). The zero-order valence-corrected chi connectivity index (χ0v) is 11.3. The minimum absolute atomic E-state index is 0.308. The van der Waals surface area contributed by atoms with E-state index in [0.29, 0.717) is 11.7 Å². The highest BCUT2D eigenvalue weighted by Gasteiger charge is 2.41. The molecule has 0 radical (unpaired) electrons. The molecule has 1 aliphatic heterocycles. The first-order valence-electron chi connectivity index (χ1n) is 7.13. The molecule has 2 aliphatic rings. The van der Waals surface area contributed by atoms with Crippen molar-refractivity contribution in [3.05, 3.63) is 24.2 Å². The van der Waals surface area contributed by atoms with Crippen molar-refractivity contribution >= 4 is 11.3 Å². The van der Waals surface area contributed by atoms with Crippen LogP contribution in [0.5, 0.6) is 0 Å². The van der Waals surface area contributed by atoms with Crippen LogP contribution >= 0.6 is 0 Å². The van der Waals surface area contributed by atoms with Gasteiger partial charge in [-0.2, -0.15) is 5.10 Å². The lowest BCUT2D eigenvalue weighted by molar-refractivity contribution is -0.179. The Kier molecular flexibility index (Phi) is 2.68. The molecule has 6 heteroatoms. The standard InChI is InChI=1S/C14H18N4O2/c15-13-12-2-1-11(18(12)17-9-16-13)10-3-5-14(6-4-10)19-7-8-20-14/h1-2,9-10H,3-8H2,(H2,15,16,17). The summed E-state index contributed by atoms with van der Waals surface area (Å²) in [5, 5.41) is 4.33. The van der Waals surface area contributed by atoms with Crippen LogP contribution in [-0.2, 0) is 9.47 Å². The average molecular weight is 274 g/mol. The van der Waals surface area contributed by atoms with Crippen molar-refractivity contribution < 1.29 is 9.47 Å². The molecule has 1 saturated carbocycles. The number of fused-ring (bicyclic) bond motifs is 1. The largest absolute Gasteiger partial charge is 0.382 e. The number of hydrogen-bond acceptors (Lipinski definition) is 5. The molecule has 1 aliphatic carbocycles. The van der Waals surface area contributed by atoms with Crippen molar-refractivity contribution in [1.29, 1.82) is 0 Å². The predicted molar refractivity (Wildman–Crippen MR) is 73.2 cm³/mol. The van der Waals surface area contributed by atoms with Gasteiger partial charge < -0.3 is 15.2 Å². The molecule has 0 bridgehead atoms. The van der Waals surface area contributed by atoms with Gasteiger partial charge in [-0.15, -0.1) is 0 Å². The predicted octanol–water partition coefficient (Wildman–Crippen LogP) is 1.71. The zero-order valence-electron chi connectivity index (χ0n) is 11.3. The van der Waals surface area contributed by atoms with Crippen LogP contribution in [-0.4, -0.2) is 33.6 Å². The highest BCUT2D eigenvalue weighted by Crippen LogP contribution is 2.42. The van der Waals surface area contributed by atoms with Gasteiger partial charge in [0.2, 0.25) is 0 Å². The number of rotatable bonds is 1. The minimum Gasteiger partial charge on any atom is -0.382 e. The molecule has 0 aromatic carbocycles. The van der Waals surface area contributed by atoms with Gasteiger partial charge in [0.25, 0.3) is 0 Å². The Morgan fingerprint density at radius 3 is 2.70 bits per heavy atom. The number of aromatic nitrogens is 3. The normalized spacial score (nSPS) is 22.8. The molecule has 3 heterocycles. The van der Waals surface area contributed by atoms with Crippen molar-refractivity contribution in [2.75, 3.05) is 18.9 Å². The summed E-state index contributed by atoms with van der Waals surface area (Å²) in [5.74, 6) is 0.698. The van der Waals surface area contributed by atoms with Gasteiger partial charge in [0.05, 0.1) is 13.2 Å². The van der Waals surface area contributed by atoms with E-state index < -0.39 is 0 Å². The third-order valence-corrected chi connectivity index (χ3v) is 4.49. The van der Waals surface area contributed by atoms with Gasteiger partial charge in [-0.3, -0.25) is 0 Å². The van der Waals surface area contributed by atoms with E-state index in [9.17, 15) is 0 Å². The summed E-state index contributed by atoms with van der Waals surface area (Å²) in [4.78, 5) is 4.03. The molecule has 2 fully saturated rings. The average Bonchev–Trinajstić information content (AvgIpc) is 3.09. The van der Waals surface area contributed by atoms with Crippen LogP contribution in [0.4, 0.5) is 5.82 Å². The van der Waals surface area contributed by atoms with Gasteiger partial charge in [0, 0.05) is 24.5 Å². The molecule has 0 amide bonds. The number of nitrogen functional groups attached to an aromatic ring is 1. The summed E-state index contributed by atoms with van der Waals surface area (Å²) < 4.78 is 13.5. The smallest absolute Gasteiger partial charge is 0.168 e. The van der Waals surface area contributed by atoms with Gasteiger partial charge >= 0.3 is 0 Å². The fourth-order valence-corrected chi connectivity index (χ4v) is 3.42. The Bertz CT molecular complexity index is 623. The highest BCUT2D eigenvalue weighted by molar-refractivity contribution is 5.65. The highest BCUT2D eigenvalue weighted by atomic mass is 16.7. The first kappa shape index (κ1) is 12.1. The molecule has 2 N–H and O–H groups in total. The topological polar surface area (TPSA) is 74.7 Å². The van der Waals surface area contributed by atoms with Crippen LogP contribution in [0.15, 0.2) is 18.5 Å². The Hall–Kier alpha value is -1.66. The molecular formula is C14H18N4O2. The lowest BCUT2D eigenvalue weighted by Crippen LogP contribution is -2.34. The van der Waals surface area contributed by atoms with Crippen molar-refractivity contribution in [2.45, 2.75) is 37.4 Å². The SMILES string of the molecule is Nc1ncnn2c(C3CCC4(CC3)OCCO4)ccc12. The van der Waals surface area contributed by atoms with Gasteiger partial charge in [0.15, 0.2) is 11.6 Å². The van der Waals surface area contributed by atoms with E-state index in [1.165, 1.54) is 12.0 Å². The van der Waals surface area contributed by atoms with Crippen LogP contribution in [0, 0.1) is 0 Å². The number of anilines is 1. The van der Waals surface area contributed by atoms with E-state index in [4.69, 9.17) is 15.2 Å². The van der Waals surface area contributed by atoms with Crippen molar-refractivity contribution in [3.8, 4) is 0 Å². The Morgan fingerprint density at radius 2 is 1.95 bits per heavy atom. The van der Waals surface area contributed by atoms with E-state index >= 15 is 0 Å². The van der Waals surface area contributed by atoms with Crippen LogP contribution in [0.3, 0.4) is 0 Å². The second-order valence-electron chi connectivity index (χ2n) is 5.58. The molecule has 0 unspecified atom stereocenters. The van der Waals surface area contributed by atoms with Gasteiger partial charge in [-0.25, -0.2) is 9.50 Å². The third-order valence-electron chi connectivity index (χ3n) is 4.49. The summed E-state index contributed by atoms with van der Waals surface area (Å²) in [5.41, 5.74) is 7.98. The third kappa shape index (κ3) is 1.79. The molecular weight excluding hydrogens is 256 g/mol. The molecule has 106 valence electrons. The van der Waals surface area contributed by atoms with Gasteiger partial charge in [0.1, 0.15) is 11.8 Å². The van der Waals surface area contributed by atoms with Crippen LogP contribution in [0.1, 0.15) is 37.3 Å². The number of hydrogen-bond donors (Lipinski definition) is 1. The van der Waals surface area contributed by atoms with Crippen molar-refractivity contribution in [2.24, 2.45) is 0 Å². The Balaban J connectivity index is 1.60. The Labute approximate surface area is 116 Å². The lowest BCUT2D eigenvalue weighted by Gasteiger charge is -2.35. The first-order chi connectivity index (χ1) is 9.77. The van der Waals surface area contributed by atoms with Crippen molar-refractivity contribution in [1.82, 2.24) is 14.6 Å². The number of ether oxygens (including phenoxy) is 2. The fourth-order valence-electron chi connectivity index (χ4n) is 3.42. The summed E-state index contributed by atoms with van der Waals surface area (Å²) in [6.45, 7) is 1.45. The van der Waals surface area contributed by atoms with Crippen LogP contribution < -0.4 is 5.73 Å². The molecule has 2 aromatic heterocycles. The maximum absolute atomic E-state index is 5.88. The second-order valence-corrected chi connectivity index (χ2v) is 5.58. The van der Waals surface area contributed by atoms with E-state index in [1.54, 1.807) is 0 Å². The van der Waals surface area contributed by atoms with Crippen molar-refractivity contribution in [3.63, 3.8) is 0 Å². The summed E-state index contributed by atoms with van der Waals surface area (Å²) >= 11 is 0. The first-order valence-corrected chi connectivity index (χ1v) is 7.13. The Morgan fingerprint density at radius 1 is 1.20 bits per heavy atom. The maximum Gasteiger partial charge on any atom is 0.168 e. The summed E-state index contributed by atoms with van der Waals surface area (Å²) in [7, 11) is 0. The molecule has 1 saturated heterocycles. The van der Waals surface area contributed by atoms with E-state index in [0.717, 1.165) is 44.4 Å². The molecule has 20 heavy (non-hydrogen) atoms. The van der Waals surface area contributed by atoms with E-state index in [2.05, 4.69) is 16.1 Å². The molecule has 0 atom stereocenters. The van der Waals surface area contributed by atoms with E-state index in [1.807, 2.05) is 10.6 Å². The fraction of sp³-hybridized carbons (Fsp3) is 0.571.